The lowest BCUT2D eigenvalue weighted by atomic mass is 10.1. The number of benzene rings is 2. The van der Waals surface area contributed by atoms with E-state index in [1.54, 1.807) is 11.3 Å². The molecule has 0 atom stereocenters. The first-order valence-electron chi connectivity index (χ1n) is 12.0. The quantitative estimate of drug-likeness (QED) is 0.290. The van der Waals surface area contributed by atoms with Crippen LogP contribution in [0.5, 0.6) is 0 Å². The molecular formula is C26H29N5O4S. The van der Waals surface area contributed by atoms with Gasteiger partial charge in [-0.15, -0.1) is 11.3 Å². The zero-order valence-corrected chi connectivity index (χ0v) is 21.2. The first kappa shape index (κ1) is 25.3. The van der Waals surface area contributed by atoms with Crippen LogP contribution in [0.15, 0.2) is 52.1 Å². The van der Waals surface area contributed by atoms with Crippen molar-refractivity contribution in [2.75, 3.05) is 5.32 Å². The SMILES string of the molecule is CCc1nc2ccc(Nc3nc(=O)n(CCCCCC(=O)O)c(=O)n3Cc3ccc(C)cc3)cc2s1. The molecule has 4 rings (SSSR count). The number of aromatic nitrogens is 4. The smallest absolute Gasteiger partial charge is 0.354 e. The first-order chi connectivity index (χ1) is 17.3. The van der Waals surface area contributed by atoms with Crippen molar-refractivity contribution in [1.82, 2.24) is 19.1 Å². The number of carboxylic acids is 1. The van der Waals surface area contributed by atoms with Crippen molar-refractivity contribution in [3.8, 4) is 0 Å². The monoisotopic (exact) mass is 507 g/mol. The number of carbonyl (C=O) groups is 1. The molecule has 4 aromatic rings. The van der Waals surface area contributed by atoms with E-state index in [2.05, 4.69) is 22.2 Å². The zero-order chi connectivity index (χ0) is 25.7. The predicted molar refractivity (Wildman–Crippen MR) is 141 cm³/mol. The molecule has 2 aromatic carbocycles. The molecule has 2 aromatic heterocycles. The fraction of sp³-hybridized carbons (Fsp3) is 0.346. The minimum absolute atomic E-state index is 0.0670. The number of anilines is 2. The molecule has 9 nitrogen and oxygen atoms in total. The summed E-state index contributed by atoms with van der Waals surface area (Å²) < 4.78 is 3.61. The Morgan fingerprint density at radius 2 is 1.81 bits per heavy atom. The number of hydrogen-bond acceptors (Lipinski definition) is 7. The van der Waals surface area contributed by atoms with Crippen molar-refractivity contribution in [3.63, 3.8) is 0 Å². The second-order valence-corrected chi connectivity index (χ2v) is 9.81. The van der Waals surface area contributed by atoms with Gasteiger partial charge in [-0.25, -0.2) is 19.1 Å². The maximum absolute atomic E-state index is 13.4. The molecule has 0 fully saturated rings. The Morgan fingerprint density at radius 3 is 2.53 bits per heavy atom. The number of fused-ring (bicyclic) bond motifs is 1. The topological polar surface area (TPSA) is 119 Å². The molecule has 0 aliphatic heterocycles. The van der Waals surface area contributed by atoms with Crippen molar-refractivity contribution < 1.29 is 9.90 Å². The fourth-order valence-electron chi connectivity index (χ4n) is 3.89. The van der Waals surface area contributed by atoms with Gasteiger partial charge in [0.05, 0.1) is 21.8 Å². The normalized spacial score (nSPS) is 11.2. The number of hydrogen-bond donors (Lipinski definition) is 2. The summed E-state index contributed by atoms with van der Waals surface area (Å²) >= 11 is 1.61. The van der Waals surface area contributed by atoms with Crippen LogP contribution in [0.1, 0.15) is 48.7 Å². The highest BCUT2D eigenvalue weighted by atomic mass is 32.1. The predicted octanol–water partition coefficient (Wildman–Crippen LogP) is 4.32. The average Bonchev–Trinajstić information content (AvgIpc) is 3.27. The molecule has 0 amide bonds. The Hall–Kier alpha value is -3.79. The Balaban J connectivity index is 1.66. The first-order valence-corrected chi connectivity index (χ1v) is 12.8. The summed E-state index contributed by atoms with van der Waals surface area (Å²) in [7, 11) is 0. The van der Waals surface area contributed by atoms with Crippen LogP contribution < -0.4 is 16.7 Å². The minimum atomic E-state index is -0.854. The Kier molecular flexibility index (Phi) is 7.94. The molecule has 0 aliphatic carbocycles. The number of aliphatic carboxylic acids is 1. The van der Waals surface area contributed by atoms with E-state index in [1.807, 2.05) is 49.4 Å². The maximum Gasteiger partial charge on any atom is 0.354 e. The van der Waals surface area contributed by atoms with E-state index in [4.69, 9.17) is 5.11 Å². The van der Waals surface area contributed by atoms with Gasteiger partial charge in [-0.3, -0.25) is 9.36 Å². The van der Waals surface area contributed by atoms with E-state index in [1.165, 1.54) is 4.57 Å². The summed E-state index contributed by atoms with van der Waals surface area (Å²) in [4.78, 5) is 45.8. The van der Waals surface area contributed by atoms with Gasteiger partial charge >= 0.3 is 17.3 Å². The van der Waals surface area contributed by atoms with Crippen molar-refractivity contribution in [1.29, 1.82) is 0 Å². The highest BCUT2D eigenvalue weighted by Gasteiger charge is 2.15. The summed E-state index contributed by atoms with van der Waals surface area (Å²) in [5.74, 6) is -0.681. The fourth-order valence-corrected chi connectivity index (χ4v) is 4.83. The molecule has 2 N–H and O–H groups in total. The van der Waals surface area contributed by atoms with Gasteiger partial charge in [0, 0.05) is 18.7 Å². The molecule has 10 heteroatoms. The van der Waals surface area contributed by atoms with Gasteiger partial charge in [-0.2, -0.15) is 4.98 Å². The van der Waals surface area contributed by atoms with Gasteiger partial charge in [0.25, 0.3) is 0 Å². The second kappa shape index (κ2) is 11.3. The number of carboxylic acid groups (broad SMARTS) is 1. The third-order valence-electron chi connectivity index (χ3n) is 5.87. The third kappa shape index (κ3) is 6.06. The second-order valence-electron chi connectivity index (χ2n) is 8.70. The highest BCUT2D eigenvalue weighted by Crippen LogP contribution is 2.26. The Labute approximate surface area is 212 Å². The minimum Gasteiger partial charge on any atom is -0.481 e. The molecule has 0 bridgehead atoms. The van der Waals surface area contributed by atoms with E-state index in [0.717, 1.165) is 37.3 Å². The number of nitrogens with zero attached hydrogens (tertiary/aromatic N) is 4. The molecule has 0 aliphatic rings. The largest absolute Gasteiger partial charge is 0.481 e. The zero-order valence-electron chi connectivity index (χ0n) is 20.4. The van der Waals surface area contributed by atoms with Crippen LogP contribution in [0.3, 0.4) is 0 Å². The van der Waals surface area contributed by atoms with E-state index in [-0.39, 0.29) is 25.5 Å². The molecule has 0 saturated carbocycles. The molecular weight excluding hydrogens is 478 g/mol. The highest BCUT2D eigenvalue weighted by molar-refractivity contribution is 7.18. The van der Waals surface area contributed by atoms with Crippen molar-refractivity contribution in [3.05, 3.63) is 79.6 Å². The maximum atomic E-state index is 13.4. The molecule has 0 spiro atoms. The van der Waals surface area contributed by atoms with Gasteiger partial charge in [0.1, 0.15) is 0 Å². The Morgan fingerprint density at radius 1 is 1.03 bits per heavy atom. The standard InChI is InChI=1S/C26H29N5O4S/c1-3-22-28-20-13-12-19(15-21(20)36-22)27-24-29-25(34)30(14-6-4-5-7-23(32)33)26(35)31(24)16-18-10-8-17(2)9-11-18/h8-13,15H,3-7,14,16H2,1-2H3,(H,32,33)(H,27,29,34). The van der Waals surface area contributed by atoms with Crippen molar-refractivity contribution >= 4 is 39.2 Å². The third-order valence-corrected chi connectivity index (χ3v) is 7.04. The summed E-state index contributed by atoms with van der Waals surface area (Å²) in [5.41, 5.74) is 2.55. The van der Waals surface area contributed by atoms with Crippen LogP contribution >= 0.6 is 11.3 Å². The summed E-state index contributed by atoms with van der Waals surface area (Å²) in [5, 5.41) is 13.0. The van der Waals surface area contributed by atoms with Crippen LogP contribution in [-0.2, 0) is 24.3 Å². The van der Waals surface area contributed by atoms with Gasteiger partial charge in [0.2, 0.25) is 5.95 Å². The average molecular weight is 508 g/mol. The Bertz CT molecular complexity index is 1490. The van der Waals surface area contributed by atoms with Gasteiger partial charge in [-0.05, 0) is 49.9 Å². The lowest BCUT2D eigenvalue weighted by molar-refractivity contribution is -0.137. The summed E-state index contributed by atoms with van der Waals surface area (Å²) in [6, 6.07) is 13.6. The number of aryl methyl sites for hydroxylation is 2. The lowest BCUT2D eigenvalue weighted by Gasteiger charge is -2.16. The number of nitrogens with one attached hydrogen (secondary N) is 1. The van der Waals surface area contributed by atoms with Crippen molar-refractivity contribution in [2.24, 2.45) is 0 Å². The van der Waals surface area contributed by atoms with Gasteiger partial charge < -0.3 is 10.4 Å². The lowest BCUT2D eigenvalue weighted by Crippen LogP contribution is -2.42. The van der Waals surface area contributed by atoms with Gasteiger partial charge in [-0.1, -0.05) is 43.2 Å². The van der Waals surface area contributed by atoms with Crippen LogP contribution in [0, 0.1) is 6.92 Å². The molecule has 0 radical (unpaired) electrons. The van der Waals surface area contributed by atoms with E-state index < -0.39 is 17.3 Å². The van der Waals surface area contributed by atoms with Crippen molar-refractivity contribution in [2.45, 2.75) is 59.0 Å². The number of rotatable bonds is 11. The molecule has 0 unspecified atom stereocenters. The van der Waals surface area contributed by atoms with Crippen LogP contribution in [0.2, 0.25) is 0 Å². The molecule has 0 saturated heterocycles. The van der Waals surface area contributed by atoms with Crippen LogP contribution in [0.25, 0.3) is 10.2 Å². The number of unbranched alkanes of at least 4 members (excludes halogenated alkanes) is 2. The summed E-state index contributed by atoms with van der Waals surface area (Å²) in [6.07, 6.45) is 2.54. The molecule has 36 heavy (non-hydrogen) atoms. The van der Waals surface area contributed by atoms with Crippen LogP contribution in [-0.4, -0.2) is 30.2 Å². The number of thiazole rings is 1. The molecule has 188 valence electrons. The van der Waals surface area contributed by atoms with E-state index in [9.17, 15) is 14.4 Å². The van der Waals surface area contributed by atoms with Crippen LogP contribution in [0.4, 0.5) is 11.6 Å². The van der Waals surface area contributed by atoms with E-state index in [0.29, 0.717) is 24.9 Å². The molecule has 2 heterocycles. The van der Waals surface area contributed by atoms with Gasteiger partial charge in [0.15, 0.2) is 0 Å². The van der Waals surface area contributed by atoms with E-state index >= 15 is 0 Å². The summed E-state index contributed by atoms with van der Waals surface area (Å²) in [6.45, 7) is 4.49.